The van der Waals surface area contributed by atoms with Gasteiger partial charge in [-0.25, -0.2) is 8.78 Å². The highest BCUT2D eigenvalue weighted by Gasteiger charge is 2.41. The number of unbranched alkanes of at least 4 members (excludes halogenated alkanes) is 2. The zero-order valence-corrected chi connectivity index (χ0v) is 18.4. The molecule has 2 aromatic carbocycles. The zero-order chi connectivity index (χ0) is 24.8. The Bertz CT molecular complexity index is 1010. The lowest BCUT2D eigenvalue weighted by Gasteiger charge is -2.26. The minimum Gasteiger partial charge on any atom is -0.507 e. The number of ketones is 2. The Labute approximate surface area is 194 Å². The number of rotatable bonds is 12. The molecule has 184 valence electrons. The summed E-state index contributed by atoms with van der Waals surface area (Å²) >= 11 is 0. The fraction of sp³-hybridized carbons (Fsp3) is 0.391. The van der Waals surface area contributed by atoms with Crippen molar-refractivity contribution in [3.8, 4) is 11.5 Å². The molecule has 0 amide bonds. The monoisotopic (exact) mass is 479 g/mol. The van der Waals surface area contributed by atoms with Crippen LogP contribution in [0.5, 0.6) is 11.5 Å². The normalized spacial score (nSPS) is 12.5. The summed E-state index contributed by atoms with van der Waals surface area (Å²) in [5, 5.41) is 46.4. The average Bonchev–Trinajstić information content (AvgIpc) is 2.82. The molecule has 0 saturated heterocycles. The molecular weight excluding hydrogens is 452 g/mol. The van der Waals surface area contributed by atoms with Crippen molar-refractivity contribution in [3.63, 3.8) is 0 Å². The van der Waals surface area contributed by atoms with Crippen molar-refractivity contribution >= 4 is 22.9 Å². The largest absolute Gasteiger partial charge is 0.507 e. The van der Waals surface area contributed by atoms with E-state index in [-0.39, 0.29) is 39.4 Å². The van der Waals surface area contributed by atoms with Crippen LogP contribution in [0.4, 0.5) is 20.2 Å². The molecule has 1 aliphatic rings. The van der Waals surface area contributed by atoms with Gasteiger partial charge in [-0.05, 0) is 31.4 Å². The molecule has 9 nitrogen and oxygen atoms in total. The number of aromatic hydroxyl groups is 2. The molecule has 0 atom stereocenters. The second-order valence-electron chi connectivity index (χ2n) is 7.75. The molecule has 11 heteroatoms. The summed E-state index contributed by atoms with van der Waals surface area (Å²) in [4.78, 5) is 26.7. The molecule has 0 aromatic heterocycles. The predicted molar refractivity (Wildman–Crippen MR) is 121 cm³/mol. The van der Waals surface area contributed by atoms with Crippen LogP contribution in [0, 0.1) is 11.6 Å². The van der Waals surface area contributed by atoms with E-state index in [1.54, 1.807) is 0 Å². The van der Waals surface area contributed by atoms with E-state index >= 15 is 8.78 Å². The van der Waals surface area contributed by atoms with Gasteiger partial charge in [-0.15, -0.1) is 0 Å². The highest BCUT2D eigenvalue weighted by molar-refractivity contribution is 6.33. The SMILES string of the molecule is O=C1c2c(O)ccc(O)c2C(=O)c2c(NCCNCCO)c(F)c(F)c(NCCCCCO)c21. The molecule has 3 rings (SSSR count). The first-order chi connectivity index (χ1) is 16.3. The maximum Gasteiger partial charge on any atom is 0.200 e. The number of carbonyl (C=O) groups excluding carboxylic acids is 2. The van der Waals surface area contributed by atoms with E-state index in [0.29, 0.717) is 19.3 Å². The van der Waals surface area contributed by atoms with E-state index in [1.165, 1.54) is 0 Å². The standard InChI is InChI=1S/C23H27F2N3O6/c24-18-19(25)21(28-8-7-26-9-11-30)17-16(20(18)27-6-2-1-3-10-29)22(33)14-12(31)4-5-13(32)15(14)23(17)34/h4-5,26-32H,1-3,6-11H2. The number of hydrogen-bond donors (Lipinski definition) is 7. The Morgan fingerprint density at radius 2 is 1.18 bits per heavy atom. The number of carbonyl (C=O) groups is 2. The van der Waals surface area contributed by atoms with Gasteiger partial charge in [0.05, 0.1) is 40.2 Å². The molecule has 7 N–H and O–H groups in total. The molecule has 0 aliphatic heterocycles. The first-order valence-electron chi connectivity index (χ1n) is 10.9. The molecule has 0 fully saturated rings. The Balaban J connectivity index is 2.10. The molecule has 0 radical (unpaired) electrons. The molecule has 34 heavy (non-hydrogen) atoms. The molecule has 0 saturated carbocycles. The highest BCUT2D eigenvalue weighted by Crippen LogP contribution is 2.44. The number of nitrogens with one attached hydrogen (secondary N) is 3. The predicted octanol–water partition coefficient (Wildman–Crippen LogP) is 1.72. The van der Waals surface area contributed by atoms with Crippen LogP contribution in [0.3, 0.4) is 0 Å². The van der Waals surface area contributed by atoms with Crippen molar-refractivity contribution in [3.05, 3.63) is 46.0 Å². The number of anilines is 2. The topological polar surface area (TPSA) is 151 Å². The third kappa shape index (κ3) is 4.81. The number of benzene rings is 2. The van der Waals surface area contributed by atoms with Gasteiger partial charge < -0.3 is 36.4 Å². The lowest BCUT2D eigenvalue weighted by atomic mass is 9.81. The summed E-state index contributed by atoms with van der Waals surface area (Å²) in [6.07, 6.45) is 1.60. The van der Waals surface area contributed by atoms with Gasteiger partial charge in [0.1, 0.15) is 11.5 Å². The first kappa shape index (κ1) is 25.3. The smallest absolute Gasteiger partial charge is 0.200 e. The Kier molecular flexibility index (Phi) is 8.37. The number of aliphatic hydroxyl groups excluding tert-OH is 2. The van der Waals surface area contributed by atoms with E-state index in [1.807, 2.05) is 0 Å². The van der Waals surface area contributed by atoms with Crippen molar-refractivity contribution < 1.29 is 38.8 Å². The number of aliphatic hydroxyl groups is 2. The summed E-state index contributed by atoms with van der Waals surface area (Å²) in [7, 11) is 0. The van der Waals surface area contributed by atoms with Gasteiger partial charge in [0.2, 0.25) is 11.6 Å². The molecule has 0 spiro atoms. The summed E-state index contributed by atoms with van der Waals surface area (Å²) in [5.41, 5.74) is -2.90. The van der Waals surface area contributed by atoms with Crippen molar-refractivity contribution in [1.82, 2.24) is 5.32 Å². The lowest BCUT2D eigenvalue weighted by molar-refractivity contribution is 0.0974. The van der Waals surface area contributed by atoms with Crippen LogP contribution in [0.2, 0.25) is 0 Å². The molecule has 2 aromatic rings. The summed E-state index contributed by atoms with van der Waals surface area (Å²) in [6, 6.07) is 2.08. The van der Waals surface area contributed by atoms with Crippen LogP contribution in [0.15, 0.2) is 12.1 Å². The van der Waals surface area contributed by atoms with Crippen LogP contribution >= 0.6 is 0 Å². The van der Waals surface area contributed by atoms with Gasteiger partial charge in [-0.2, -0.15) is 0 Å². The Hall–Kier alpha value is -3.28. The van der Waals surface area contributed by atoms with Crippen molar-refractivity contribution in [2.45, 2.75) is 19.3 Å². The maximum atomic E-state index is 15.2. The van der Waals surface area contributed by atoms with E-state index in [0.717, 1.165) is 12.1 Å². The minimum absolute atomic E-state index is 0.0154. The summed E-state index contributed by atoms with van der Waals surface area (Å²) < 4.78 is 30.3. The van der Waals surface area contributed by atoms with E-state index < -0.39 is 68.3 Å². The van der Waals surface area contributed by atoms with Gasteiger partial charge in [0.15, 0.2) is 11.6 Å². The Morgan fingerprint density at radius 3 is 1.68 bits per heavy atom. The first-order valence-corrected chi connectivity index (χ1v) is 10.9. The van der Waals surface area contributed by atoms with Crippen LogP contribution < -0.4 is 16.0 Å². The number of fused-ring (bicyclic) bond motifs is 2. The van der Waals surface area contributed by atoms with Gasteiger partial charge in [-0.1, -0.05) is 0 Å². The Morgan fingerprint density at radius 1 is 0.647 bits per heavy atom. The van der Waals surface area contributed by atoms with Gasteiger partial charge >= 0.3 is 0 Å². The van der Waals surface area contributed by atoms with Crippen molar-refractivity contribution in [2.75, 3.05) is 50.0 Å². The second-order valence-corrected chi connectivity index (χ2v) is 7.75. The fourth-order valence-corrected chi connectivity index (χ4v) is 3.87. The van der Waals surface area contributed by atoms with Crippen LogP contribution in [0.1, 0.15) is 51.1 Å². The number of hydrogen-bond acceptors (Lipinski definition) is 9. The molecular formula is C23H27F2N3O6. The average molecular weight is 479 g/mol. The van der Waals surface area contributed by atoms with E-state index in [2.05, 4.69) is 16.0 Å². The fourth-order valence-electron chi connectivity index (χ4n) is 3.87. The summed E-state index contributed by atoms with van der Waals surface area (Å²) in [6.45, 7) is 0.555. The third-order valence-electron chi connectivity index (χ3n) is 5.48. The molecule has 1 aliphatic carbocycles. The minimum atomic E-state index is -1.37. The van der Waals surface area contributed by atoms with Crippen LogP contribution in [-0.2, 0) is 0 Å². The van der Waals surface area contributed by atoms with Crippen LogP contribution in [-0.4, -0.2) is 71.4 Å². The van der Waals surface area contributed by atoms with Gasteiger partial charge in [0.25, 0.3) is 0 Å². The third-order valence-corrected chi connectivity index (χ3v) is 5.48. The highest BCUT2D eigenvalue weighted by atomic mass is 19.2. The number of phenols is 2. The molecule has 0 bridgehead atoms. The molecule has 0 heterocycles. The van der Waals surface area contributed by atoms with E-state index in [4.69, 9.17) is 10.2 Å². The lowest BCUT2D eigenvalue weighted by Crippen LogP contribution is -2.29. The van der Waals surface area contributed by atoms with Gasteiger partial charge in [0, 0.05) is 32.8 Å². The number of phenolic OH excluding ortho intramolecular Hbond substituents is 2. The number of halogens is 2. The van der Waals surface area contributed by atoms with Crippen molar-refractivity contribution in [2.24, 2.45) is 0 Å². The molecule has 0 unspecified atom stereocenters. The maximum absolute atomic E-state index is 15.2. The second kappa shape index (κ2) is 11.2. The quantitative estimate of drug-likeness (QED) is 0.152. The zero-order valence-electron chi connectivity index (χ0n) is 18.4. The van der Waals surface area contributed by atoms with Crippen LogP contribution in [0.25, 0.3) is 0 Å². The summed E-state index contributed by atoms with van der Waals surface area (Å²) in [5.74, 6) is -5.75. The van der Waals surface area contributed by atoms with Gasteiger partial charge in [-0.3, -0.25) is 9.59 Å². The van der Waals surface area contributed by atoms with E-state index in [9.17, 15) is 19.8 Å². The van der Waals surface area contributed by atoms with Crippen molar-refractivity contribution in [1.29, 1.82) is 0 Å².